The van der Waals surface area contributed by atoms with E-state index in [0.29, 0.717) is 30.9 Å². The molecule has 0 bridgehead atoms. The van der Waals surface area contributed by atoms with Gasteiger partial charge in [-0.1, -0.05) is 18.5 Å². The van der Waals surface area contributed by atoms with E-state index >= 15 is 0 Å². The normalized spacial score (nSPS) is 32.7. The molecule has 4 fully saturated rings. The standard InChI is InChI=1S/C28H36ClN3O4/c1-17-25(28(17)5-9-35-10-6-28)26(34)31-24-13-19-11-21(22(29)12-20(19)14-30-24)18-3-7-32(8-4-18)27(2)16-36-15-23(27)33/h11-14,17-18,23,25,33H,3-10,15-16H2,1-2H3,(H,30,31,34)/t17-,23-,25-,27+/m1/s1. The summed E-state index contributed by atoms with van der Waals surface area (Å²) in [6, 6.07) is 6.14. The molecule has 1 saturated carbocycles. The van der Waals surface area contributed by atoms with Crippen LogP contribution in [0.15, 0.2) is 24.4 Å². The number of amides is 1. The summed E-state index contributed by atoms with van der Waals surface area (Å²) in [4.78, 5) is 20.0. The number of hydrogen-bond donors (Lipinski definition) is 2. The fraction of sp³-hybridized carbons (Fsp3) is 0.643. The van der Waals surface area contributed by atoms with E-state index in [4.69, 9.17) is 21.1 Å². The van der Waals surface area contributed by atoms with Gasteiger partial charge in [0, 0.05) is 35.7 Å². The highest BCUT2D eigenvalue weighted by Crippen LogP contribution is 2.64. The van der Waals surface area contributed by atoms with Crippen molar-refractivity contribution in [1.82, 2.24) is 9.88 Å². The highest BCUT2D eigenvalue weighted by Gasteiger charge is 2.65. The number of likely N-dealkylation sites (tertiary alicyclic amines) is 1. The first-order valence-electron chi connectivity index (χ1n) is 13.3. The maximum atomic E-state index is 13.1. The van der Waals surface area contributed by atoms with Gasteiger partial charge in [0.1, 0.15) is 5.82 Å². The SMILES string of the molecule is C[C@@H]1[C@H](C(=O)Nc2cc3cc(C4CCN([C@@]5(C)COC[C@H]5O)CC4)c(Cl)cc3cn2)C12CCOCC2. The van der Waals surface area contributed by atoms with Crippen molar-refractivity contribution in [2.24, 2.45) is 17.3 Å². The number of aliphatic hydroxyl groups is 1. The van der Waals surface area contributed by atoms with Gasteiger partial charge in [0.25, 0.3) is 0 Å². The molecule has 4 atom stereocenters. The molecule has 3 saturated heterocycles. The van der Waals surface area contributed by atoms with Gasteiger partial charge in [-0.15, -0.1) is 0 Å². The molecule has 3 aliphatic heterocycles. The van der Waals surface area contributed by atoms with Crippen LogP contribution in [0.2, 0.25) is 5.02 Å². The highest BCUT2D eigenvalue weighted by atomic mass is 35.5. The van der Waals surface area contributed by atoms with Gasteiger partial charge in [-0.3, -0.25) is 9.69 Å². The third-order valence-electron chi connectivity index (χ3n) is 9.76. The number of carbonyl (C=O) groups excluding carboxylic acids is 1. The average Bonchev–Trinajstić information content (AvgIpc) is 3.26. The summed E-state index contributed by atoms with van der Waals surface area (Å²) >= 11 is 6.74. The van der Waals surface area contributed by atoms with Crippen LogP contribution in [0, 0.1) is 17.3 Å². The third-order valence-corrected chi connectivity index (χ3v) is 10.1. The predicted octanol–water partition coefficient (Wildman–Crippen LogP) is 4.22. The maximum absolute atomic E-state index is 13.1. The number of hydrogen-bond acceptors (Lipinski definition) is 6. The Kier molecular flexibility index (Phi) is 6.28. The molecule has 1 aliphatic carbocycles. The number of anilines is 1. The van der Waals surface area contributed by atoms with Gasteiger partial charge in [-0.25, -0.2) is 4.98 Å². The maximum Gasteiger partial charge on any atom is 0.229 e. The summed E-state index contributed by atoms with van der Waals surface area (Å²) in [6.07, 6.45) is 5.24. The second kappa shape index (κ2) is 9.21. The molecule has 2 aromatic rings. The lowest BCUT2D eigenvalue weighted by molar-refractivity contribution is -0.118. The first-order valence-corrected chi connectivity index (χ1v) is 13.7. The summed E-state index contributed by atoms with van der Waals surface area (Å²) in [6.45, 7) is 8.57. The molecule has 4 heterocycles. The molecule has 1 amide bonds. The van der Waals surface area contributed by atoms with Crippen molar-refractivity contribution in [2.75, 3.05) is 44.8 Å². The molecule has 36 heavy (non-hydrogen) atoms. The van der Waals surface area contributed by atoms with Crippen LogP contribution in [-0.4, -0.2) is 72.1 Å². The lowest BCUT2D eigenvalue weighted by atomic mass is 9.85. The average molecular weight is 514 g/mol. The molecule has 2 N–H and O–H groups in total. The molecule has 6 rings (SSSR count). The van der Waals surface area contributed by atoms with Crippen LogP contribution >= 0.6 is 11.6 Å². The Morgan fingerprint density at radius 3 is 2.61 bits per heavy atom. The summed E-state index contributed by atoms with van der Waals surface area (Å²) in [5.74, 6) is 1.45. The van der Waals surface area contributed by atoms with Crippen LogP contribution in [0.1, 0.15) is 51.0 Å². The number of pyridine rings is 1. The Morgan fingerprint density at radius 1 is 1.17 bits per heavy atom. The molecule has 1 spiro atoms. The zero-order chi connectivity index (χ0) is 25.1. The van der Waals surface area contributed by atoms with E-state index in [1.54, 1.807) is 6.20 Å². The van der Waals surface area contributed by atoms with E-state index in [1.807, 2.05) is 12.1 Å². The quantitative estimate of drug-likeness (QED) is 0.637. The number of ether oxygens (including phenoxy) is 2. The minimum absolute atomic E-state index is 0.0375. The number of halogens is 1. The van der Waals surface area contributed by atoms with Gasteiger partial charge < -0.3 is 19.9 Å². The molecule has 4 aliphatic rings. The molecular weight excluding hydrogens is 478 g/mol. The first-order chi connectivity index (χ1) is 17.3. The van der Waals surface area contributed by atoms with Gasteiger partial charge in [0.15, 0.2) is 0 Å². The topological polar surface area (TPSA) is 83.9 Å². The second-order valence-electron chi connectivity index (χ2n) is 11.5. The number of benzene rings is 1. The Morgan fingerprint density at radius 2 is 1.92 bits per heavy atom. The van der Waals surface area contributed by atoms with Crippen molar-refractivity contribution in [3.05, 3.63) is 35.0 Å². The van der Waals surface area contributed by atoms with Crippen molar-refractivity contribution >= 4 is 34.1 Å². The van der Waals surface area contributed by atoms with E-state index in [-0.39, 0.29) is 22.8 Å². The summed E-state index contributed by atoms with van der Waals surface area (Å²) < 4.78 is 11.1. The smallest absolute Gasteiger partial charge is 0.229 e. The zero-order valence-corrected chi connectivity index (χ0v) is 21.9. The molecular formula is C28H36ClN3O4. The van der Waals surface area contributed by atoms with E-state index < -0.39 is 6.10 Å². The third kappa shape index (κ3) is 4.04. The van der Waals surface area contributed by atoms with Crippen LogP contribution in [0.5, 0.6) is 0 Å². The van der Waals surface area contributed by atoms with Gasteiger partial charge in [-0.2, -0.15) is 0 Å². The minimum Gasteiger partial charge on any atom is -0.389 e. The Balaban J connectivity index is 1.16. The summed E-state index contributed by atoms with van der Waals surface area (Å²) in [7, 11) is 0. The van der Waals surface area contributed by atoms with Crippen molar-refractivity contribution in [2.45, 2.75) is 57.1 Å². The Bertz CT molecular complexity index is 1160. The molecule has 0 unspecified atom stereocenters. The fourth-order valence-electron chi connectivity index (χ4n) is 7.13. The van der Waals surface area contributed by atoms with Crippen molar-refractivity contribution in [3.63, 3.8) is 0 Å². The predicted molar refractivity (Wildman–Crippen MR) is 139 cm³/mol. The van der Waals surface area contributed by atoms with Crippen LogP contribution in [-0.2, 0) is 14.3 Å². The molecule has 1 aromatic carbocycles. The molecule has 7 nitrogen and oxygen atoms in total. The van der Waals surface area contributed by atoms with Crippen molar-refractivity contribution < 1.29 is 19.4 Å². The monoisotopic (exact) mass is 513 g/mol. The molecule has 0 radical (unpaired) electrons. The summed E-state index contributed by atoms with van der Waals surface area (Å²) in [5, 5.41) is 16.3. The number of aromatic nitrogens is 1. The van der Waals surface area contributed by atoms with Crippen molar-refractivity contribution in [3.8, 4) is 0 Å². The van der Waals surface area contributed by atoms with E-state index in [0.717, 1.165) is 73.3 Å². The molecule has 8 heteroatoms. The number of piperidine rings is 1. The number of rotatable bonds is 4. The van der Waals surface area contributed by atoms with Gasteiger partial charge in [0.05, 0.1) is 24.9 Å². The fourth-order valence-corrected chi connectivity index (χ4v) is 7.46. The highest BCUT2D eigenvalue weighted by molar-refractivity contribution is 6.32. The minimum atomic E-state index is -0.445. The summed E-state index contributed by atoms with van der Waals surface area (Å²) in [5.41, 5.74) is 0.948. The second-order valence-corrected chi connectivity index (χ2v) is 11.9. The van der Waals surface area contributed by atoms with Gasteiger partial charge >= 0.3 is 0 Å². The van der Waals surface area contributed by atoms with E-state index in [9.17, 15) is 9.90 Å². The number of carbonyl (C=O) groups is 1. The number of nitrogens with one attached hydrogen (secondary N) is 1. The Labute approximate surface area is 217 Å². The number of aliphatic hydroxyl groups excluding tert-OH is 1. The van der Waals surface area contributed by atoms with Crippen LogP contribution in [0.4, 0.5) is 5.82 Å². The zero-order valence-electron chi connectivity index (χ0n) is 21.1. The molecule has 1 aromatic heterocycles. The Hall–Kier alpha value is -1.77. The van der Waals surface area contributed by atoms with E-state index in [1.165, 1.54) is 0 Å². The van der Waals surface area contributed by atoms with Gasteiger partial charge in [-0.05, 0) is 92.1 Å². The van der Waals surface area contributed by atoms with E-state index in [2.05, 4.69) is 35.1 Å². The largest absolute Gasteiger partial charge is 0.389 e. The van der Waals surface area contributed by atoms with Crippen LogP contribution < -0.4 is 5.32 Å². The van der Waals surface area contributed by atoms with Crippen LogP contribution in [0.3, 0.4) is 0 Å². The first kappa shape index (κ1) is 24.6. The molecule has 194 valence electrons. The van der Waals surface area contributed by atoms with Crippen molar-refractivity contribution in [1.29, 1.82) is 0 Å². The van der Waals surface area contributed by atoms with Gasteiger partial charge in [0.2, 0.25) is 5.91 Å². The number of fused-ring (bicyclic) bond motifs is 1. The van der Waals surface area contributed by atoms with Crippen LogP contribution in [0.25, 0.3) is 10.8 Å². The lowest BCUT2D eigenvalue weighted by Crippen LogP contribution is -2.56. The number of nitrogens with zero attached hydrogens (tertiary/aromatic N) is 2. The lowest BCUT2D eigenvalue weighted by Gasteiger charge is -2.43.